The first-order valence-electron chi connectivity index (χ1n) is 2.67. The third-order valence-corrected chi connectivity index (χ3v) is 1.01. The Morgan fingerprint density at radius 3 is 2.80 bits per heavy atom. The Morgan fingerprint density at radius 1 is 1.70 bits per heavy atom. The van der Waals surface area contributed by atoms with Gasteiger partial charge in [0, 0.05) is 6.07 Å². The molecule has 0 aliphatic carbocycles. The van der Waals surface area contributed by atoms with Gasteiger partial charge in [0.25, 0.3) is 0 Å². The first kappa shape index (κ1) is 6.67. The van der Waals surface area contributed by atoms with Crippen LogP contribution in [0.3, 0.4) is 0 Å². The molecule has 0 fully saturated rings. The summed E-state index contributed by atoms with van der Waals surface area (Å²) in [4.78, 5) is 10.7. The molecular weight excluding hydrogens is 134 g/mol. The van der Waals surface area contributed by atoms with E-state index in [4.69, 9.17) is 10.2 Å². The van der Waals surface area contributed by atoms with E-state index in [0.717, 1.165) is 0 Å². The summed E-state index contributed by atoms with van der Waals surface area (Å²) in [6, 6.07) is 2.95. The molecule has 4 heteroatoms. The van der Waals surface area contributed by atoms with Crippen molar-refractivity contribution in [1.29, 1.82) is 0 Å². The van der Waals surface area contributed by atoms with Crippen LogP contribution in [-0.2, 0) is 4.74 Å². The smallest absolute Gasteiger partial charge is 0.374 e. The molecule has 0 unspecified atom stereocenters. The largest absolute Gasteiger partial charge is 0.463 e. The highest BCUT2D eigenvalue weighted by atomic mass is 16.5. The molecule has 10 heavy (non-hydrogen) atoms. The van der Waals surface area contributed by atoms with Crippen molar-refractivity contribution in [2.24, 2.45) is 0 Å². The Balaban J connectivity index is 2.85. The van der Waals surface area contributed by atoms with Gasteiger partial charge in [0.2, 0.25) is 5.76 Å². The van der Waals surface area contributed by atoms with Crippen molar-refractivity contribution in [1.82, 2.24) is 0 Å². The lowest BCUT2D eigenvalue weighted by molar-refractivity contribution is 0.0566. The summed E-state index contributed by atoms with van der Waals surface area (Å²) in [6.45, 7) is 0. The van der Waals surface area contributed by atoms with Gasteiger partial charge in [0.05, 0.1) is 7.11 Å². The summed E-state index contributed by atoms with van der Waals surface area (Å²) in [5.41, 5.74) is 5.20. The SMILES string of the molecule is COC(=O)c1ccc(N)o1. The molecule has 0 radical (unpaired) electrons. The second-order valence-corrected chi connectivity index (χ2v) is 1.69. The second kappa shape index (κ2) is 2.43. The maximum Gasteiger partial charge on any atom is 0.374 e. The molecule has 1 aromatic heterocycles. The molecule has 0 bridgehead atoms. The molecule has 1 rings (SSSR count). The average molecular weight is 141 g/mol. The van der Waals surface area contributed by atoms with Crippen LogP contribution in [0, 0.1) is 0 Å². The fourth-order valence-corrected chi connectivity index (χ4v) is 0.563. The molecule has 0 aromatic carbocycles. The number of anilines is 1. The van der Waals surface area contributed by atoms with Gasteiger partial charge in [-0.1, -0.05) is 0 Å². The lowest BCUT2D eigenvalue weighted by Crippen LogP contribution is -1.98. The van der Waals surface area contributed by atoms with E-state index in [1.165, 1.54) is 19.2 Å². The van der Waals surface area contributed by atoms with Gasteiger partial charge in [-0.25, -0.2) is 4.79 Å². The molecule has 2 N–H and O–H groups in total. The Labute approximate surface area is 57.6 Å². The predicted octanol–water partition coefficient (Wildman–Crippen LogP) is 0.648. The van der Waals surface area contributed by atoms with Crippen molar-refractivity contribution >= 4 is 11.9 Å². The monoisotopic (exact) mass is 141 g/mol. The highest BCUT2D eigenvalue weighted by molar-refractivity contribution is 5.86. The molecule has 0 aliphatic heterocycles. The van der Waals surface area contributed by atoms with E-state index in [1.807, 2.05) is 0 Å². The quantitative estimate of drug-likeness (QED) is 0.583. The molecule has 0 aliphatic rings. The van der Waals surface area contributed by atoms with Crippen LogP contribution in [-0.4, -0.2) is 13.1 Å². The van der Waals surface area contributed by atoms with Gasteiger partial charge in [-0.05, 0) is 6.07 Å². The van der Waals surface area contributed by atoms with Gasteiger partial charge in [0.1, 0.15) is 0 Å². The fraction of sp³-hybridized carbons (Fsp3) is 0.167. The van der Waals surface area contributed by atoms with E-state index < -0.39 is 5.97 Å². The first-order chi connectivity index (χ1) is 4.74. The normalized spacial score (nSPS) is 9.30. The van der Waals surface area contributed by atoms with E-state index >= 15 is 0 Å². The second-order valence-electron chi connectivity index (χ2n) is 1.69. The van der Waals surface area contributed by atoms with Gasteiger partial charge in [-0.2, -0.15) is 0 Å². The first-order valence-corrected chi connectivity index (χ1v) is 2.67. The summed E-state index contributed by atoms with van der Waals surface area (Å²) in [5.74, 6) is -0.183. The number of rotatable bonds is 1. The molecule has 1 aromatic rings. The van der Waals surface area contributed by atoms with Crippen molar-refractivity contribution in [3.05, 3.63) is 17.9 Å². The number of furan rings is 1. The number of nitrogens with two attached hydrogens (primary N) is 1. The third-order valence-electron chi connectivity index (χ3n) is 1.01. The highest BCUT2D eigenvalue weighted by Gasteiger charge is 2.08. The van der Waals surface area contributed by atoms with E-state index in [9.17, 15) is 4.79 Å². The van der Waals surface area contributed by atoms with E-state index in [2.05, 4.69) is 4.74 Å². The molecule has 0 saturated carbocycles. The summed E-state index contributed by atoms with van der Waals surface area (Å²) in [6.07, 6.45) is 0. The van der Waals surface area contributed by atoms with Gasteiger partial charge in [-0.15, -0.1) is 0 Å². The predicted molar refractivity (Wildman–Crippen MR) is 34.5 cm³/mol. The molecule has 0 amide bonds. The third kappa shape index (κ3) is 1.10. The summed E-state index contributed by atoms with van der Waals surface area (Å²) in [5, 5.41) is 0. The number of ether oxygens (including phenoxy) is 1. The lowest BCUT2D eigenvalue weighted by atomic mass is 10.5. The average Bonchev–Trinajstić information content (AvgIpc) is 2.34. The number of nitrogen functional groups attached to an aromatic ring is 1. The molecule has 1 heterocycles. The number of hydrogen-bond donors (Lipinski definition) is 1. The van der Waals surface area contributed by atoms with Crippen molar-refractivity contribution < 1.29 is 13.9 Å². The van der Waals surface area contributed by atoms with Crippen LogP contribution in [0.2, 0.25) is 0 Å². The standard InChI is InChI=1S/C6H7NO3/c1-9-6(8)4-2-3-5(7)10-4/h2-3H,7H2,1H3. The van der Waals surface area contributed by atoms with E-state index in [-0.39, 0.29) is 11.6 Å². The summed E-state index contributed by atoms with van der Waals surface area (Å²) >= 11 is 0. The molecule has 4 nitrogen and oxygen atoms in total. The number of methoxy groups -OCH3 is 1. The summed E-state index contributed by atoms with van der Waals surface area (Å²) < 4.78 is 9.10. The van der Waals surface area contributed by atoms with Gasteiger partial charge < -0.3 is 14.9 Å². The van der Waals surface area contributed by atoms with E-state index in [0.29, 0.717) is 0 Å². The zero-order chi connectivity index (χ0) is 7.56. The molecule has 0 spiro atoms. The topological polar surface area (TPSA) is 65.5 Å². The number of carbonyl (C=O) groups excluding carboxylic acids is 1. The van der Waals surface area contributed by atoms with Gasteiger partial charge in [0.15, 0.2) is 5.88 Å². The van der Waals surface area contributed by atoms with Crippen molar-refractivity contribution in [3.63, 3.8) is 0 Å². The van der Waals surface area contributed by atoms with Crippen molar-refractivity contribution in [2.45, 2.75) is 0 Å². The van der Waals surface area contributed by atoms with Crippen molar-refractivity contribution in [2.75, 3.05) is 12.8 Å². The molecular formula is C6H7NO3. The maximum atomic E-state index is 10.7. The number of esters is 1. The molecule has 0 saturated heterocycles. The lowest BCUT2D eigenvalue weighted by Gasteiger charge is -1.90. The molecule has 54 valence electrons. The van der Waals surface area contributed by atoms with Crippen LogP contribution in [0.1, 0.15) is 10.6 Å². The Hall–Kier alpha value is -1.45. The van der Waals surface area contributed by atoms with Crippen LogP contribution in [0.4, 0.5) is 5.88 Å². The Bertz CT molecular complexity index is 241. The Kier molecular flexibility index (Phi) is 1.62. The zero-order valence-electron chi connectivity index (χ0n) is 5.46. The highest BCUT2D eigenvalue weighted by Crippen LogP contribution is 2.09. The minimum Gasteiger partial charge on any atom is -0.463 e. The minimum atomic E-state index is -0.517. The zero-order valence-corrected chi connectivity index (χ0v) is 5.46. The minimum absolute atomic E-state index is 0.125. The van der Waals surface area contributed by atoms with Gasteiger partial charge in [-0.3, -0.25) is 0 Å². The number of hydrogen-bond acceptors (Lipinski definition) is 4. The fourth-order valence-electron chi connectivity index (χ4n) is 0.563. The maximum absolute atomic E-state index is 10.7. The molecule has 0 atom stereocenters. The van der Waals surface area contributed by atoms with Crippen LogP contribution in [0.15, 0.2) is 16.5 Å². The summed E-state index contributed by atoms with van der Waals surface area (Å²) in [7, 11) is 1.28. The Morgan fingerprint density at radius 2 is 2.40 bits per heavy atom. The van der Waals surface area contributed by atoms with Crippen LogP contribution < -0.4 is 5.73 Å². The van der Waals surface area contributed by atoms with Crippen LogP contribution in [0.25, 0.3) is 0 Å². The van der Waals surface area contributed by atoms with Crippen LogP contribution in [0.5, 0.6) is 0 Å². The number of carbonyl (C=O) groups is 1. The van der Waals surface area contributed by atoms with Crippen LogP contribution >= 0.6 is 0 Å². The van der Waals surface area contributed by atoms with Gasteiger partial charge >= 0.3 is 5.97 Å². The van der Waals surface area contributed by atoms with E-state index in [1.54, 1.807) is 0 Å². The van der Waals surface area contributed by atoms with Crippen molar-refractivity contribution in [3.8, 4) is 0 Å².